The Morgan fingerprint density at radius 3 is 1.55 bits per heavy atom. The first-order valence-electron chi connectivity index (χ1n) is 11.0. The van der Waals surface area contributed by atoms with Crippen molar-refractivity contribution in [3.8, 4) is 17.2 Å². The molecule has 0 unspecified atom stereocenters. The highest BCUT2D eigenvalue weighted by Crippen LogP contribution is 2.39. The van der Waals surface area contributed by atoms with Gasteiger partial charge in [0.2, 0.25) is 5.75 Å². The summed E-state index contributed by atoms with van der Waals surface area (Å²) in [6, 6.07) is 3.01. The second-order valence-corrected chi connectivity index (χ2v) is 6.49. The molecule has 3 N–H and O–H groups in total. The lowest BCUT2D eigenvalue weighted by Crippen LogP contribution is -2.15. The highest BCUT2D eigenvalue weighted by Gasteiger charge is 2.20. The Hall–Kier alpha value is -2.15. The second kappa shape index (κ2) is 19.3. The van der Waals surface area contributed by atoms with E-state index in [0.29, 0.717) is 6.42 Å². The van der Waals surface area contributed by atoms with E-state index >= 15 is 0 Å². The second-order valence-electron chi connectivity index (χ2n) is 6.49. The fourth-order valence-electron chi connectivity index (χ4n) is 2.45. The average Bonchev–Trinajstić information content (AvgIpc) is 2.82. The zero-order chi connectivity index (χ0) is 24.2. The summed E-state index contributed by atoms with van der Waals surface area (Å²) in [5.41, 5.74) is 0.227. The molecule has 1 aromatic carbocycles. The van der Waals surface area contributed by atoms with Gasteiger partial charge < -0.3 is 48.5 Å². The number of esters is 1. The molecule has 0 aliphatic carbocycles. The SMILES string of the molecule is CCCOC(=O)c1cc(OCCOCCO)c(OCCOCCO)c(OCCOCCO)c1. The number of carbonyl (C=O) groups is 1. The van der Waals surface area contributed by atoms with Gasteiger partial charge in [0.15, 0.2) is 11.5 Å². The van der Waals surface area contributed by atoms with E-state index in [4.69, 9.17) is 48.5 Å². The number of benzene rings is 1. The Bertz CT molecular complexity index is 604. The quantitative estimate of drug-likeness (QED) is 0.168. The third-order valence-corrected chi connectivity index (χ3v) is 3.85. The number of rotatable bonds is 21. The van der Waals surface area contributed by atoms with Gasteiger partial charge in [-0.2, -0.15) is 0 Å². The molecule has 0 aliphatic rings. The highest BCUT2D eigenvalue weighted by atomic mass is 16.6. The number of aliphatic hydroxyl groups excluding tert-OH is 3. The Balaban J connectivity index is 3.04. The molecule has 33 heavy (non-hydrogen) atoms. The molecule has 11 nitrogen and oxygen atoms in total. The lowest BCUT2D eigenvalue weighted by Gasteiger charge is -2.18. The molecule has 0 spiro atoms. The molecule has 0 aliphatic heterocycles. The van der Waals surface area contributed by atoms with E-state index in [-0.39, 0.29) is 109 Å². The Morgan fingerprint density at radius 1 is 0.667 bits per heavy atom. The third-order valence-electron chi connectivity index (χ3n) is 3.85. The van der Waals surface area contributed by atoms with Crippen LogP contribution in [0.4, 0.5) is 0 Å². The summed E-state index contributed by atoms with van der Waals surface area (Å²) in [6.45, 7) is 3.50. The number of ether oxygens (including phenoxy) is 7. The van der Waals surface area contributed by atoms with Gasteiger partial charge in [-0.15, -0.1) is 0 Å². The molecule has 0 radical (unpaired) electrons. The van der Waals surface area contributed by atoms with Crippen LogP contribution < -0.4 is 14.2 Å². The van der Waals surface area contributed by atoms with Crippen LogP contribution in [-0.2, 0) is 18.9 Å². The summed E-state index contributed by atoms with van der Waals surface area (Å²) >= 11 is 0. The van der Waals surface area contributed by atoms with Crippen LogP contribution in [0.25, 0.3) is 0 Å². The van der Waals surface area contributed by atoms with Gasteiger partial charge in [-0.05, 0) is 18.6 Å². The monoisotopic (exact) mass is 476 g/mol. The van der Waals surface area contributed by atoms with Crippen LogP contribution in [0.5, 0.6) is 17.2 Å². The first-order valence-corrected chi connectivity index (χ1v) is 11.0. The molecule has 0 amide bonds. The van der Waals surface area contributed by atoms with E-state index in [9.17, 15) is 4.79 Å². The lowest BCUT2D eigenvalue weighted by atomic mass is 10.2. The fraction of sp³-hybridized carbons (Fsp3) is 0.682. The van der Waals surface area contributed by atoms with Gasteiger partial charge in [-0.25, -0.2) is 4.79 Å². The van der Waals surface area contributed by atoms with Gasteiger partial charge in [-0.1, -0.05) is 6.92 Å². The highest BCUT2D eigenvalue weighted by molar-refractivity contribution is 5.91. The summed E-state index contributed by atoms with van der Waals surface area (Å²) in [5.74, 6) is 0.236. The summed E-state index contributed by atoms with van der Waals surface area (Å²) in [6.07, 6.45) is 0.678. The van der Waals surface area contributed by atoms with Crippen LogP contribution in [0.3, 0.4) is 0 Å². The summed E-state index contributed by atoms with van der Waals surface area (Å²) in [4.78, 5) is 12.5. The van der Waals surface area contributed by atoms with Gasteiger partial charge in [0, 0.05) is 0 Å². The molecular weight excluding hydrogens is 440 g/mol. The number of hydrogen-bond acceptors (Lipinski definition) is 11. The molecule has 1 aromatic rings. The maximum atomic E-state index is 12.5. The molecule has 0 fully saturated rings. The first-order chi connectivity index (χ1) is 16.2. The molecule has 0 heterocycles. The van der Waals surface area contributed by atoms with Gasteiger partial charge in [0.1, 0.15) is 19.8 Å². The Kier molecular flexibility index (Phi) is 16.9. The minimum Gasteiger partial charge on any atom is -0.487 e. The maximum absolute atomic E-state index is 12.5. The van der Waals surface area contributed by atoms with Crippen molar-refractivity contribution in [2.45, 2.75) is 13.3 Å². The molecule has 190 valence electrons. The van der Waals surface area contributed by atoms with Crippen LogP contribution in [0, 0.1) is 0 Å². The molecule has 0 saturated carbocycles. The van der Waals surface area contributed by atoms with E-state index < -0.39 is 5.97 Å². The summed E-state index contributed by atoms with van der Waals surface area (Å²) < 4.78 is 38.3. The molecule has 0 atom stereocenters. The van der Waals surface area contributed by atoms with Crippen LogP contribution in [-0.4, -0.2) is 107 Å². The Morgan fingerprint density at radius 2 is 1.12 bits per heavy atom. The molecule has 0 bridgehead atoms. The third kappa shape index (κ3) is 12.6. The zero-order valence-corrected chi connectivity index (χ0v) is 19.2. The van der Waals surface area contributed by atoms with Crippen molar-refractivity contribution in [1.82, 2.24) is 0 Å². The van der Waals surface area contributed by atoms with Crippen molar-refractivity contribution in [3.05, 3.63) is 17.7 Å². The van der Waals surface area contributed by atoms with Gasteiger partial charge in [0.05, 0.1) is 71.6 Å². The van der Waals surface area contributed by atoms with Gasteiger partial charge in [-0.3, -0.25) is 0 Å². The normalized spacial score (nSPS) is 10.8. The summed E-state index contributed by atoms with van der Waals surface area (Å²) in [5, 5.41) is 26.5. The average molecular weight is 477 g/mol. The Labute approximate surface area is 194 Å². The lowest BCUT2D eigenvalue weighted by molar-refractivity contribution is 0.0500. The first kappa shape index (κ1) is 28.9. The van der Waals surface area contributed by atoms with Crippen molar-refractivity contribution in [3.63, 3.8) is 0 Å². The van der Waals surface area contributed by atoms with E-state index in [1.54, 1.807) is 0 Å². The van der Waals surface area contributed by atoms with E-state index in [1.807, 2.05) is 6.92 Å². The van der Waals surface area contributed by atoms with E-state index in [2.05, 4.69) is 0 Å². The van der Waals surface area contributed by atoms with Crippen molar-refractivity contribution < 1.29 is 53.3 Å². The molecule has 0 saturated heterocycles. The number of carbonyl (C=O) groups excluding carboxylic acids is 1. The van der Waals surface area contributed by atoms with Gasteiger partial charge in [0.25, 0.3) is 0 Å². The van der Waals surface area contributed by atoms with Crippen molar-refractivity contribution in [2.75, 3.05) is 85.9 Å². The number of aliphatic hydroxyl groups is 3. The minimum atomic E-state index is -0.530. The van der Waals surface area contributed by atoms with E-state index in [0.717, 1.165) is 0 Å². The van der Waals surface area contributed by atoms with E-state index in [1.165, 1.54) is 12.1 Å². The standard InChI is InChI=1S/C22H36O11/c1-2-6-33-22(26)18-16-19(30-13-10-27-7-3-23)21(32-15-12-29-9-5-25)20(17-18)31-14-11-28-8-4-24/h16-17,23-25H,2-15H2,1H3. The zero-order valence-electron chi connectivity index (χ0n) is 19.2. The van der Waals surface area contributed by atoms with Crippen LogP contribution in [0.2, 0.25) is 0 Å². The van der Waals surface area contributed by atoms with Crippen molar-refractivity contribution in [2.24, 2.45) is 0 Å². The number of hydrogen-bond donors (Lipinski definition) is 3. The maximum Gasteiger partial charge on any atom is 0.338 e. The molecular formula is C22H36O11. The van der Waals surface area contributed by atoms with Crippen molar-refractivity contribution >= 4 is 5.97 Å². The molecule has 0 aromatic heterocycles. The fourth-order valence-corrected chi connectivity index (χ4v) is 2.45. The molecule has 1 rings (SSSR count). The molecule has 11 heteroatoms. The van der Waals surface area contributed by atoms with Crippen LogP contribution in [0.1, 0.15) is 23.7 Å². The predicted octanol–water partition coefficient (Wildman–Crippen LogP) is 0.417. The summed E-state index contributed by atoms with van der Waals surface area (Å²) in [7, 11) is 0. The van der Waals surface area contributed by atoms with Crippen LogP contribution in [0.15, 0.2) is 12.1 Å². The minimum absolute atomic E-state index is 0.0982. The topological polar surface area (TPSA) is 142 Å². The van der Waals surface area contributed by atoms with Crippen molar-refractivity contribution in [1.29, 1.82) is 0 Å². The van der Waals surface area contributed by atoms with Gasteiger partial charge >= 0.3 is 5.97 Å². The van der Waals surface area contributed by atoms with Crippen LogP contribution >= 0.6 is 0 Å². The predicted molar refractivity (Wildman–Crippen MR) is 117 cm³/mol. The smallest absolute Gasteiger partial charge is 0.338 e. The largest absolute Gasteiger partial charge is 0.487 e.